The maximum atomic E-state index is 10.4. The predicted molar refractivity (Wildman–Crippen MR) is 141 cm³/mol. The summed E-state index contributed by atoms with van der Waals surface area (Å²) >= 11 is 0. The summed E-state index contributed by atoms with van der Waals surface area (Å²) < 4.78 is 12.7. The summed E-state index contributed by atoms with van der Waals surface area (Å²) in [5.74, 6) is 2.39. The number of phenolic OH excluding ortho intramolecular Hbond substituents is 1. The van der Waals surface area contributed by atoms with E-state index in [4.69, 9.17) is 19.4 Å². The molecule has 2 fully saturated rings. The van der Waals surface area contributed by atoms with Crippen LogP contribution in [-0.2, 0) is 6.42 Å². The lowest BCUT2D eigenvalue weighted by molar-refractivity contribution is 0.186. The minimum absolute atomic E-state index is 0.215. The Morgan fingerprint density at radius 3 is 2.78 bits per heavy atom. The maximum absolute atomic E-state index is 10.4. The molecule has 3 aliphatic rings. The number of fused-ring (bicyclic) bond motifs is 2. The zero-order chi connectivity index (χ0) is 24.6. The van der Waals surface area contributed by atoms with Crippen molar-refractivity contribution in [3.8, 4) is 17.6 Å². The highest BCUT2D eigenvalue weighted by atomic mass is 16.5. The number of nitrogens with zero attached hydrogens (tertiary/aromatic N) is 4. The fourth-order valence-corrected chi connectivity index (χ4v) is 5.53. The van der Waals surface area contributed by atoms with E-state index in [2.05, 4.69) is 35.2 Å². The lowest BCUT2D eigenvalue weighted by atomic mass is 9.96. The molecule has 3 aromatic rings. The van der Waals surface area contributed by atoms with Gasteiger partial charge in [0, 0.05) is 44.2 Å². The van der Waals surface area contributed by atoms with Gasteiger partial charge in [0.1, 0.15) is 23.9 Å². The predicted octanol–water partition coefficient (Wildman–Crippen LogP) is 3.58. The molecule has 0 amide bonds. The number of nitrogens with one attached hydrogen (secondary N) is 1. The lowest BCUT2D eigenvalue weighted by Gasteiger charge is -2.32. The molecule has 36 heavy (non-hydrogen) atoms. The summed E-state index contributed by atoms with van der Waals surface area (Å²) in [5, 5.41) is 15.9. The SMILES string of the molecule is CC1=C(c2cc(O)cc3ccccc23)Oc2nc(OC[C@@H]3CCCN3C)nc(N3CCNCC3)c2C1. The van der Waals surface area contributed by atoms with E-state index < -0.39 is 0 Å². The number of ether oxygens (including phenoxy) is 2. The number of rotatable bonds is 5. The van der Waals surface area contributed by atoms with E-state index in [1.807, 2.05) is 18.2 Å². The third-order valence-electron chi connectivity index (χ3n) is 7.54. The number of likely N-dealkylation sites (N-methyl/N-ethyl adjacent to an activating group) is 1. The molecule has 3 aliphatic heterocycles. The van der Waals surface area contributed by atoms with Crippen LogP contribution in [0.5, 0.6) is 17.6 Å². The van der Waals surface area contributed by atoms with Gasteiger partial charge in [0.15, 0.2) is 0 Å². The van der Waals surface area contributed by atoms with Gasteiger partial charge in [0.05, 0.1) is 5.56 Å². The van der Waals surface area contributed by atoms with Crippen molar-refractivity contribution in [1.29, 1.82) is 0 Å². The molecule has 4 heterocycles. The second kappa shape index (κ2) is 9.59. The second-order valence-corrected chi connectivity index (χ2v) is 10.0. The Bertz CT molecular complexity index is 1320. The zero-order valence-corrected chi connectivity index (χ0v) is 21.0. The molecule has 8 heteroatoms. The standard InChI is InChI=1S/C28H33N5O3/c1-18-14-24-26(33-12-9-29-10-13-33)30-28(35-17-20-7-5-11-32(20)2)31-27(24)36-25(18)23-16-21(34)15-19-6-3-4-8-22(19)23/h3-4,6,8,15-16,20,29,34H,5,7,9-14,17H2,1-2H3/t20-/m0/s1. The van der Waals surface area contributed by atoms with E-state index in [-0.39, 0.29) is 5.75 Å². The number of aromatic hydroxyl groups is 1. The first-order chi connectivity index (χ1) is 17.6. The first kappa shape index (κ1) is 23.1. The van der Waals surface area contributed by atoms with Crippen molar-refractivity contribution in [2.24, 2.45) is 0 Å². The number of piperazine rings is 1. The molecule has 188 valence electrons. The number of hydrogen-bond acceptors (Lipinski definition) is 8. The molecule has 1 atom stereocenters. The van der Waals surface area contributed by atoms with Crippen molar-refractivity contribution in [1.82, 2.24) is 20.2 Å². The molecule has 6 rings (SSSR count). The Hall–Kier alpha value is -3.36. The minimum Gasteiger partial charge on any atom is -0.508 e. The van der Waals surface area contributed by atoms with E-state index in [1.165, 1.54) is 6.42 Å². The van der Waals surface area contributed by atoms with Gasteiger partial charge in [-0.15, -0.1) is 0 Å². The van der Waals surface area contributed by atoms with Gasteiger partial charge in [-0.2, -0.15) is 9.97 Å². The van der Waals surface area contributed by atoms with Gasteiger partial charge in [-0.3, -0.25) is 0 Å². The highest BCUT2D eigenvalue weighted by molar-refractivity contribution is 5.95. The molecule has 2 aromatic carbocycles. The second-order valence-electron chi connectivity index (χ2n) is 10.0. The van der Waals surface area contributed by atoms with Gasteiger partial charge >= 0.3 is 6.01 Å². The lowest BCUT2D eigenvalue weighted by Crippen LogP contribution is -2.44. The molecule has 0 unspecified atom stereocenters. The Kier molecular flexibility index (Phi) is 6.15. The first-order valence-electron chi connectivity index (χ1n) is 12.9. The number of allylic oxidation sites excluding steroid dienone is 1. The van der Waals surface area contributed by atoms with Crippen LogP contribution in [0.15, 0.2) is 42.0 Å². The Morgan fingerprint density at radius 2 is 1.97 bits per heavy atom. The molecule has 0 spiro atoms. The van der Waals surface area contributed by atoms with Crippen LogP contribution >= 0.6 is 0 Å². The highest BCUT2D eigenvalue weighted by Crippen LogP contribution is 2.41. The molecule has 2 saturated heterocycles. The van der Waals surface area contributed by atoms with Crippen molar-refractivity contribution in [2.45, 2.75) is 32.2 Å². The summed E-state index contributed by atoms with van der Waals surface area (Å²) in [5.41, 5.74) is 2.94. The van der Waals surface area contributed by atoms with Gasteiger partial charge in [-0.25, -0.2) is 0 Å². The molecule has 0 bridgehead atoms. The monoisotopic (exact) mass is 487 g/mol. The largest absolute Gasteiger partial charge is 0.508 e. The molecule has 1 aromatic heterocycles. The Labute approximate surface area is 211 Å². The van der Waals surface area contributed by atoms with Crippen LogP contribution < -0.4 is 19.7 Å². The number of likely N-dealkylation sites (tertiary alicyclic amines) is 1. The van der Waals surface area contributed by atoms with Crippen molar-refractivity contribution < 1.29 is 14.6 Å². The number of anilines is 1. The highest BCUT2D eigenvalue weighted by Gasteiger charge is 2.30. The third-order valence-corrected chi connectivity index (χ3v) is 7.54. The molecular weight excluding hydrogens is 454 g/mol. The molecule has 0 aliphatic carbocycles. The average molecular weight is 488 g/mol. The minimum atomic E-state index is 0.215. The van der Waals surface area contributed by atoms with Gasteiger partial charge in [-0.1, -0.05) is 24.3 Å². The molecule has 0 saturated carbocycles. The summed E-state index contributed by atoms with van der Waals surface area (Å²) in [6, 6.07) is 12.3. The summed E-state index contributed by atoms with van der Waals surface area (Å²) in [4.78, 5) is 14.3. The zero-order valence-electron chi connectivity index (χ0n) is 21.0. The summed E-state index contributed by atoms with van der Waals surface area (Å²) in [6.07, 6.45) is 2.99. The topological polar surface area (TPSA) is 83.0 Å². The van der Waals surface area contributed by atoms with Crippen molar-refractivity contribution >= 4 is 22.3 Å². The molecule has 8 nitrogen and oxygen atoms in total. The van der Waals surface area contributed by atoms with Crippen LogP contribution in [0.2, 0.25) is 0 Å². The third kappa shape index (κ3) is 4.35. The van der Waals surface area contributed by atoms with E-state index in [9.17, 15) is 5.11 Å². The number of benzene rings is 2. The fraction of sp³-hybridized carbons (Fsp3) is 0.429. The maximum Gasteiger partial charge on any atom is 0.321 e. The van der Waals surface area contributed by atoms with Crippen LogP contribution in [0, 0.1) is 0 Å². The van der Waals surface area contributed by atoms with E-state index >= 15 is 0 Å². The van der Waals surface area contributed by atoms with E-state index in [0.29, 0.717) is 31.0 Å². The quantitative estimate of drug-likeness (QED) is 0.565. The normalized spacial score (nSPS) is 20.5. The van der Waals surface area contributed by atoms with Crippen molar-refractivity contribution in [3.63, 3.8) is 0 Å². The van der Waals surface area contributed by atoms with Crippen LogP contribution in [-0.4, -0.2) is 72.4 Å². The molecule has 2 N–H and O–H groups in total. The van der Waals surface area contributed by atoms with Gasteiger partial charge < -0.3 is 29.7 Å². The van der Waals surface area contributed by atoms with Crippen molar-refractivity contribution in [2.75, 3.05) is 51.3 Å². The Morgan fingerprint density at radius 1 is 1.14 bits per heavy atom. The smallest absolute Gasteiger partial charge is 0.321 e. The van der Waals surface area contributed by atoms with Gasteiger partial charge in [0.2, 0.25) is 5.88 Å². The Balaban J connectivity index is 1.38. The van der Waals surface area contributed by atoms with Gasteiger partial charge in [0.25, 0.3) is 0 Å². The number of phenols is 1. The average Bonchev–Trinajstić information content (AvgIpc) is 3.31. The van der Waals surface area contributed by atoms with Crippen LogP contribution in [0.3, 0.4) is 0 Å². The van der Waals surface area contributed by atoms with E-state index in [1.54, 1.807) is 12.1 Å². The van der Waals surface area contributed by atoms with Crippen LogP contribution in [0.1, 0.15) is 30.9 Å². The van der Waals surface area contributed by atoms with Gasteiger partial charge in [-0.05, 0) is 61.8 Å². The number of aromatic nitrogens is 2. The first-order valence-corrected chi connectivity index (χ1v) is 12.9. The summed E-state index contributed by atoms with van der Waals surface area (Å²) in [6.45, 7) is 7.33. The van der Waals surface area contributed by atoms with Crippen molar-refractivity contribution in [3.05, 3.63) is 53.1 Å². The van der Waals surface area contributed by atoms with Crippen LogP contribution in [0.25, 0.3) is 16.5 Å². The number of hydrogen-bond donors (Lipinski definition) is 2. The van der Waals surface area contributed by atoms with E-state index in [0.717, 1.165) is 78.2 Å². The molecular formula is C28H33N5O3. The molecule has 0 radical (unpaired) electrons. The van der Waals surface area contributed by atoms with Crippen LogP contribution in [0.4, 0.5) is 5.82 Å². The fourth-order valence-electron chi connectivity index (χ4n) is 5.53. The summed E-state index contributed by atoms with van der Waals surface area (Å²) in [7, 11) is 2.14.